The zero-order chi connectivity index (χ0) is 16.6. The lowest BCUT2D eigenvalue weighted by Gasteiger charge is -2.12. The average Bonchev–Trinajstić information content (AvgIpc) is 2.46. The van der Waals surface area contributed by atoms with E-state index in [0.29, 0.717) is 9.65 Å². The van der Waals surface area contributed by atoms with E-state index < -0.39 is 5.97 Å². The van der Waals surface area contributed by atoms with Gasteiger partial charge in [-0.25, -0.2) is 9.90 Å². The molecule has 2 atom stereocenters. The molecule has 0 saturated carbocycles. The molecule has 0 aliphatic rings. The monoisotopic (exact) mass is 439 g/mol. The lowest BCUT2D eigenvalue weighted by Crippen LogP contribution is -2.02. The predicted octanol–water partition coefficient (Wildman–Crippen LogP) is 6.95. The van der Waals surface area contributed by atoms with Crippen molar-refractivity contribution < 1.29 is 9.90 Å². The minimum Gasteiger partial charge on any atom is -0.247 e. The summed E-state index contributed by atoms with van der Waals surface area (Å²) in [5.74, 6) is -0.916. The molecule has 0 amide bonds. The van der Waals surface area contributed by atoms with Gasteiger partial charge in [0.2, 0.25) is 0 Å². The van der Waals surface area contributed by atoms with Crippen molar-refractivity contribution in [1.82, 2.24) is 0 Å². The normalized spacial score (nSPS) is 14.0. The van der Waals surface area contributed by atoms with E-state index in [0.717, 1.165) is 19.3 Å². The van der Waals surface area contributed by atoms with Gasteiger partial charge in [0.1, 0.15) is 0 Å². The Morgan fingerprint density at radius 3 is 1.73 bits per heavy atom. The molecule has 0 aromatic carbocycles. The Bertz CT molecular complexity index is 259. The molecule has 0 aliphatic carbocycles. The van der Waals surface area contributed by atoms with Crippen molar-refractivity contribution >= 4 is 37.8 Å². The molecule has 2 nitrogen and oxygen atoms in total. The summed E-state index contributed by atoms with van der Waals surface area (Å²) in [5.41, 5.74) is 0. The molecule has 0 N–H and O–H groups in total. The Hall–Kier alpha value is 0.430. The zero-order valence-electron chi connectivity index (χ0n) is 14.1. The maximum atomic E-state index is 10.3. The summed E-state index contributed by atoms with van der Waals surface area (Å²) in [7, 11) is 0. The molecule has 1 radical (unpaired) electrons. The van der Waals surface area contributed by atoms with E-state index in [2.05, 4.69) is 38.8 Å². The van der Waals surface area contributed by atoms with Gasteiger partial charge < -0.3 is 0 Å². The Morgan fingerprint density at radius 2 is 1.18 bits per heavy atom. The Kier molecular flexibility index (Phi) is 16.6. The standard InChI is InChI=1S/C18H33Br2O2/c1-2-3-7-11-16(19)13-10-14-17(20)12-8-5-4-6-9-15-18(21)22/h16-17H,2-15H2,1H3. The van der Waals surface area contributed by atoms with Crippen molar-refractivity contribution in [2.24, 2.45) is 0 Å². The summed E-state index contributed by atoms with van der Waals surface area (Å²) >= 11 is 7.59. The molecule has 0 aliphatic heterocycles. The van der Waals surface area contributed by atoms with Gasteiger partial charge in [0.15, 0.2) is 0 Å². The molecular weight excluding hydrogens is 408 g/mol. The highest BCUT2D eigenvalue weighted by Crippen LogP contribution is 2.22. The van der Waals surface area contributed by atoms with E-state index in [1.54, 1.807) is 0 Å². The zero-order valence-corrected chi connectivity index (χ0v) is 17.3. The highest BCUT2D eigenvalue weighted by Gasteiger charge is 2.07. The van der Waals surface area contributed by atoms with Gasteiger partial charge in [-0.15, -0.1) is 0 Å². The van der Waals surface area contributed by atoms with E-state index in [-0.39, 0.29) is 6.42 Å². The van der Waals surface area contributed by atoms with E-state index >= 15 is 0 Å². The number of unbranched alkanes of at least 4 members (excludes halogenated alkanes) is 6. The second kappa shape index (κ2) is 16.3. The molecule has 2 unspecified atom stereocenters. The van der Waals surface area contributed by atoms with E-state index in [1.165, 1.54) is 64.2 Å². The minimum atomic E-state index is -0.916. The van der Waals surface area contributed by atoms with Gasteiger partial charge in [-0.05, 0) is 32.1 Å². The van der Waals surface area contributed by atoms with Crippen molar-refractivity contribution in [3.8, 4) is 0 Å². The van der Waals surface area contributed by atoms with Crippen molar-refractivity contribution in [3.05, 3.63) is 0 Å². The second-order valence-corrected chi connectivity index (χ2v) is 8.89. The fourth-order valence-corrected chi connectivity index (χ4v) is 3.93. The highest BCUT2D eigenvalue weighted by molar-refractivity contribution is 9.09. The van der Waals surface area contributed by atoms with Crippen LogP contribution in [0.3, 0.4) is 0 Å². The third kappa shape index (κ3) is 16.8. The van der Waals surface area contributed by atoms with Crippen LogP contribution in [0.5, 0.6) is 0 Å². The van der Waals surface area contributed by atoms with Crippen LogP contribution in [0, 0.1) is 0 Å². The lowest BCUT2D eigenvalue weighted by molar-refractivity contribution is -0.143. The van der Waals surface area contributed by atoms with E-state index in [4.69, 9.17) is 0 Å². The molecule has 4 heteroatoms. The third-order valence-corrected chi connectivity index (χ3v) is 5.89. The van der Waals surface area contributed by atoms with Crippen LogP contribution in [0.25, 0.3) is 0 Å². The van der Waals surface area contributed by atoms with Crippen LogP contribution >= 0.6 is 31.9 Å². The molecule has 0 saturated heterocycles. The van der Waals surface area contributed by atoms with Crippen LogP contribution in [0.15, 0.2) is 0 Å². The number of carbonyl (C=O) groups excluding carboxylic acids is 1. The summed E-state index contributed by atoms with van der Waals surface area (Å²) < 4.78 is 0. The number of hydrogen-bond donors (Lipinski definition) is 0. The van der Waals surface area contributed by atoms with E-state index in [9.17, 15) is 9.90 Å². The average molecular weight is 441 g/mol. The van der Waals surface area contributed by atoms with Crippen LogP contribution in [0.4, 0.5) is 0 Å². The molecule has 0 fully saturated rings. The first kappa shape index (κ1) is 22.4. The number of hydrogen-bond acceptors (Lipinski definition) is 1. The van der Waals surface area contributed by atoms with Crippen LogP contribution in [0.2, 0.25) is 0 Å². The van der Waals surface area contributed by atoms with Gasteiger partial charge in [-0.3, -0.25) is 0 Å². The number of carbonyl (C=O) groups is 1. The predicted molar refractivity (Wildman–Crippen MR) is 101 cm³/mol. The van der Waals surface area contributed by atoms with Gasteiger partial charge in [0, 0.05) is 9.65 Å². The van der Waals surface area contributed by atoms with Gasteiger partial charge in [-0.2, -0.15) is 0 Å². The summed E-state index contributed by atoms with van der Waals surface area (Å²) in [6, 6.07) is 0. The number of alkyl halides is 2. The van der Waals surface area contributed by atoms with Gasteiger partial charge in [0.25, 0.3) is 0 Å². The summed E-state index contributed by atoms with van der Waals surface area (Å²) in [5, 5.41) is 10.3. The first-order valence-corrected chi connectivity index (χ1v) is 10.9. The largest absolute Gasteiger partial charge is 0.355 e. The second-order valence-electron chi connectivity index (χ2n) is 6.30. The molecular formula is C18H33Br2O2. The topological polar surface area (TPSA) is 37.0 Å². The Labute approximate surface area is 154 Å². The van der Waals surface area contributed by atoms with Crippen molar-refractivity contribution in [3.63, 3.8) is 0 Å². The molecule has 0 aromatic heterocycles. The van der Waals surface area contributed by atoms with Crippen molar-refractivity contribution in [1.29, 1.82) is 0 Å². The molecule has 131 valence electrons. The van der Waals surface area contributed by atoms with Crippen LogP contribution in [0.1, 0.15) is 96.8 Å². The molecule has 0 spiro atoms. The maximum Gasteiger partial charge on any atom is 0.355 e. The molecule has 0 rings (SSSR count). The summed E-state index contributed by atoms with van der Waals surface area (Å²) in [4.78, 5) is 11.6. The van der Waals surface area contributed by atoms with Crippen molar-refractivity contribution in [2.45, 2.75) is 106 Å². The first-order chi connectivity index (χ1) is 10.6. The Morgan fingerprint density at radius 1 is 0.727 bits per heavy atom. The smallest absolute Gasteiger partial charge is 0.247 e. The third-order valence-electron chi connectivity index (χ3n) is 4.05. The quantitative estimate of drug-likeness (QED) is 0.189. The van der Waals surface area contributed by atoms with Crippen LogP contribution in [-0.4, -0.2) is 15.6 Å². The van der Waals surface area contributed by atoms with Crippen molar-refractivity contribution in [2.75, 3.05) is 0 Å². The molecule has 0 heterocycles. The van der Waals surface area contributed by atoms with E-state index in [1.807, 2.05) is 0 Å². The van der Waals surface area contributed by atoms with Crippen LogP contribution < -0.4 is 0 Å². The number of rotatable bonds is 16. The van der Waals surface area contributed by atoms with Crippen LogP contribution in [-0.2, 0) is 9.90 Å². The number of halogens is 2. The van der Waals surface area contributed by atoms with Gasteiger partial charge >= 0.3 is 5.97 Å². The molecule has 22 heavy (non-hydrogen) atoms. The van der Waals surface area contributed by atoms with Gasteiger partial charge in [-0.1, -0.05) is 90.2 Å². The Balaban J connectivity index is 3.32. The maximum absolute atomic E-state index is 10.3. The fourth-order valence-electron chi connectivity index (χ4n) is 2.63. The molecule has 0 bridgehead atoms. The fraction of sp³-hybridized carbons (Fsp3) is 0.944. The minimum absolute atomic E-state index is 0.215. The molecule has 0 aromatic rings. The highest BCUT2D eigenvalue weighted by atomic mass is 79.9. The summed E-state index contributed by atoms with van der Waals surface area (Å²) in [6.45, 7) is 2.25. The van der Waals surface area contributed by atoms with Gasteiger partial charge in [0.05, 0.1) is 6.42 Å². The first-order valence-electron chi connectivity index (χ1n) is 9.04. The SMILES string of the molecule is CCCCCC(Br)CCCC(Br)CCCCCCCC([O])=O. The summed E-state index contributed by atoms with van der Waals surface area (Å²) in [6.07, 6.45) is 16.0. The lowest BCUT2D eigenvalue weighted by atomic mass is 10.0.